The molecular formula is C17H14N2O4. The number of ether oxygens (including phenoxy) is 1. The molecule has 0 N–H and O–H groups in total. The monoisotopic (exact) mass is 310 g/mol. The molecule has 6 nitrogen and oxygen atoms in total. The topological polar surface area (TPSA) is 74.4 Å². The number of benzene rings is 2. The fourth-order valence-electron chi connectivity index (χ4n) is 2.86. The number of nitrogens with zero attached hydrogens (tertiary/aromatic N) is 2. The van der Waals surface area contributed by atoms with E-state index >= 15 is 0 Å². The van der Waals surface area contributed by atoms with Gasteiger partial charge >= 0.3 is 0 Å². The lowest BCUT2D eigenvalue weighted by molar-refractivity contribution is -0.384. The number of carbonyl (C=O) groups excluding carboxylic acids is 1. The van der Waals surface area contributed by atoms with Crippen LogP contribution in [0.1, 0.15) is 10.4 Å². The molecule has 0 spiro atoms. The van der Waals surface area contributed by atoms with E-state index in [1.807, 2.05) is 6.07 Å². The van der Waals surface area contributed by atoms with Gasteiger partial charge in [0.15, 0.2) is 6.29 Å². The van der Waals surface area contributed by atoms with Crippen LogP contribution in [-0.2, 0) is 7.05 Å². The normalized spacial score (nSPS) is 10.7. The zero-order chi connectivity index (χ0) is 16.6. The van der Waals surface area contributed by atoms with Crippen molar-refractivity contribution in [2.45, 2.75) is 0 Å². The molecular weight excluding hydrogens is 296 g/mol. The molecule has 0 unspecified atom stereocenters. The minimum absolute atomic E-state index is 0.0338. The van der Waals surface area contributed by atoms with Crippen LogP contribution in [0, 0.1) is 10.1 Å². The Balaban J connectivity index is 2.41. The van der Waals surface area contributed by atoms with Gasteiger partial charge in [-0.05, 0) is 24.3 Å². The number of nitro groups is 1. The van der Waals surface area contributed by atoms with Gasteiger partial charge < -0.3 is 9.30 Å². The lowest BCUT2D eigenvalue weighted by Crippen LogP contribution is -1.98. The first-order chi connectivity index (χ1) is 11.1. The van der Waals surface area contributed by atoms with Crippen LogP contribution in [-0.4, -0.2) is 22.9 Å². The van der Waals surface area contributed by atoms with E-state index in [1.54, 1.807) is 49.1 Å². The Kier molecular flexibility index (Phi) is 3.57. The summed E-state index contributed by atoms with van der Waals surface area (Å²) in [5.41, 5.74) is 2.12. The van der Waals surface area contributed by atoms with Gasteiger partial charge in [0.2, 0.25) is 0 Å². The molecule has 0 bridgehead atoms. The lowest BCUT2D eigenvalue weighted by atomic mass is 10.0. The second-order valence-corrected chi connectivity index (χ2v) is 5.10. The number of aryl methyl sites for hydroxylation is 1. The number of para-hydroxylation sites is 1. The summed E-state index contributed by atoms with van der Waals surface area (Å²) in [7, 11) is 3.33. The number of methoxy groups -OCH3 is 1. The standard InChI is InChI=1S/C17H14N2O4/c1-18-15-8-7-11(23-2)9-13(15)14(10-20)17(18)12-5-3-4-6-16(12)19(21)22/h3-10H,1-2H3. The third kappa shape index (κ3) is 2.24. The minimum atomic E-state index is -0.442. The van der Waals surface area contributed by atoms with E-state index < -0.39 is 4.92 Å². The van der Waals surface area contributed by atoms with Gasteiger partial charge in [-0.25, -0.2) is 0 Å². The molecule has 116 valence electrons. The van der Waals surface area contributed by atoms with Crippen molar-refractivity contribution in [2.75, 3.05) is 7.11 Å². The fourth-order valence-corrected chi connectivity index (χ4v) is 2.86. The highest BCUT2D eigenvalue weighted by molar-refractivity contribution is 6.06. The van der Waals surface area contributed by atoms with Crippen LogP contribution in [0.2, 0.25) is 0 Å². The first-order valence-electron chi connectivity index (χ1n) is 6.94. The Morgan fingerprint density at radius 3 is 2.61 bits per heavy atom. The highest BCUT2D eigenvalue weighted by Gasteiger charge is 2.23. The number of rotatable bonds is 4. The molecule has 0 amide bonds. The average Bonchev–Trinajstić information content (AvgIpc) is 2.86. The number of carbonyl (C=O) groups is 1. The van der Waals surface area contributed by atoms with Crippen molar-refractivity contribution < 1.29 is 14.5 Å². The van der Waals surface area contributed by atoms with E-state index in [4.69, 9.17) is 4.74 Å². The highest BCUT2D eigenvalue weighted by atomic mass is 16.6. The number of hydrogen-bond donors (Lipinski definition) is 0. The number of aldehydes is 1. The van der Waals surface area contributed by atoms with Crippen molar-refractivity contribution in [1.29, 1.82) is 0 Å². The van der Waals surface area contributed by atoms with E-state index in [1.165, 1.54) is 6.07 Å². The lowest BCUT2D eigenvalue weighted by Gasteiger charge is -2.06. The number of nitro benzene ring substituents is 1. The molecule has 0 aliphatic rings. The van der Waals surface area contributed by atoms with Gasteiger partial charge in [0.25, 0.3) is 5.69 Å². The minimum Gasteiger partial charge on any atom is -0.497 e. The smallest absolute Gasteiger partial charge is 0.278 e. The maximum Gasteiger partial charge on any atom is 0.278 e. The molecule has 0 aliphatic carbocycles. The molecule has 2 aromatic carbocycles. The molecule has 1 heterocycles. The van der Waals surface area contributed by atoms with Crippen molar-refractivity contribution in [3.05, 3.63) is 58.1 Å². The summed E-state index contributed by atoms with van der Waals surface area (Å²) in [6, 6.07) is 11.8. The fraction of sp³-hybridized carbons (Fsp3) is 0.118. The second-order valence-electron chi connectivity index (χ2n) is 5.10. The van der Waals surface area contributed by atoms with Crippen LogP contribution in [0.15, 0.2) is 42.5 Å². The molecule has 23 heavy (non-hydrogen) atoms. The largest absolute Gasteiger partial charge is 0.497 e. The van der Waals surface area contributed by atoms with E-state index in [0.717, 1.165) is 11.8 Å². The first-order valence-corrected chi connectivity index (χ1v) is 6.94. The van der Waals surface area contributed by atoms with Crippen molar-refractivity contribution in [3.8, 4) is 17.0 Å². The quantitative estimate of drug-likeness (QED) is 0.419. The molecule has 3 rings (SSSR count). The third-order valence-electron chi connectivity index (χ3n) is 3.92. The molecule has 0 fully saturated rings. The first kappa shape index (κ1) is 14.8. The Bertz CT molecular complexity index is 928. The van der Waals surface area contributed by atoms with E-state index in [-0.39, 0.29) is 5.69 Å². The van der Waals surface area contributed by atoms with Crippen molar-refractivity contribution in [3.63, 3.8) is 0 Å². The number of aromatic nitrogens is 1. The summed E-state index contributed by atoms with van der Waals surface area (Å²) in [6.07, 6.45) is 0.730. The zero-order valence-corrected chi connectivity index (χ0v) is 12.6. The van der Waals surface area contributed by atoms with Gasteiger partial charge in [0.05, 0.1) is 23.3 Å². The van der Waals surface area contributed by atoms with E-state index in [2.05, 4.69) is 0 Å². The highest BCUT2D eigenvalue weighted by Crippen LogP contribution is 2.37. The SMILES string of the molecule is COc1ccc2c(c1)c(C=O)c(-c1ccccc1[N+](=O)[O-])n2C. The van der Waals surface area contributed by atoms with Crippen molar-refractivity contribution in [1.82, 2.24) is 4.57 Å². The van der Waals surface area contributed by atoms with Gasteiger partial charge in [-0.3, -0.25) is 14.9 Å². The summed E-state index contributed by atoms with van der Waals surface area (Å²) in [4.78, 5) is 22.6. The Labute approximate surface area is 132 Å². The van der Waals surface area contributed by atoms with E-state index in [9.17, 15) is 14.9 Å². The van der Waals surface area contributed by atoms with Crippen LogP contribution < -0.4 is 4.74 Å². The van der Waals surface area contributed by atoms with Gasteiger partial charge in [0, 0.05) is 29.6 Å². The maximum atomic E-state index is 11.7. The summed E-state index contributed by atoms with van der Waals surface area (Å²) in [6.45, 7) is 0. The molecule has 0 saturated heterocycles. The van der Waals surface area contributed by atoms with Gasteiger partial charge in [-0.15, -0.1) is 0 Å². The third-order valence-corrected chi connectivity index (χ3v) is 3.92. The average molecular weight is 310 g/mol. The molecule has 6 heteroatoms. The Hall–Kier alpha value is -3.15. The predicted molar refractivity (Wildman–Crippen MR) is 86.9 cm³/mol. The molecule has 0 atom stereocenters. The van der Waals surface area contributed by atoms with Crippen LogP contribution in [0.5, 0.6) is 5.75 Å². The summed E-state index contributed by atoms with van der Waals surface area (Å²) < 4.78 is 7.00. The van der Waals surface area contributed by atoms with Crippen molar-refractivity contribution >= 4 is 22.9 Å². The number of fused-ring (bicyclic) bond motifs is 1. The second kappa shape index (κ2) is 5.57. The van der Waals surface area contributed by atoms with Crippen LogP contribution in [0.4, 0.5) is 5.69 Å². The zero-order valence-electron chi connectivity index (χ0n) is 12.6. The molecule has 1 aromatic heterocycles. The Morgan fingerprint density at radius 1 is 1.22 bits per heavy atom. The van der Waals surface area contributed by atoms with Crippen LogP contribution in [0.3, 0.4) is 0 Å². The van der Waals surface area contributed by atoms with Crippen molar-refractivity contribution in [2.24, 2.45) is 7.05 Å². The van der Waals surface area contributed by atoms with Crippen LogP contribution in [0.25, 0.3) is 22.2 Å². The Morgan fingerprint density at radius 2 is 1.96 bits per heavy atom. The molecule has 0 saturated carbocycles. The van der Waals surface area contributed by atoms with E-state index in [0.29, 0.717) is 28.0 Å². The molecule has 0 radical (unpaired) electrons. The molecule has 0 aliphatic heterocycles. The predicted octanol–water partition coefficient (Wildman–Crippen LogP) is 3.57. The summed E-state index contributed by atoms with van der Waals surface area (Å²) in [5.74, 6) is 0.625. The summed E-state index contributed by atoms with van der Waals surface area (Å²) >= 11 is 0. The summed E-state index contributed by atoms with van der Waals surface area (Å²) in [5, 5.41) is 12.0. The van der Waals surface area contributed by atoms with Gasteiger partial charge in [-0.1, -0.05) is 12.1 Å². The maximum absolute atomic E-state index is 11.7. The number of hydrogen-bond acceptors (Lipinski definition) is 4. The van der Waals surface area contributed by atoms with Gasteiger partial charge in [0.1, 0.15) is 5.75 Å². The van der Waals surface area contributed by atoms with Crippen LogP contribution >= 0.6 is 0 Å². The molecule has 3 aromatic rings. The van der Waals surface area contributed by atoms with Gasteiger partial charge in [-0.2, -0.15) is 0 Å².